The summed E-state index contributed by atoms with van der Waals surface area (Å²) in [6, 6.07) is 30.5. The van der Waals surface area contributed by atoms with E-state index in [-0.39, 0.29) is 12.3 Å². The summed E-state index contributed by atoms with van der Waals surface area (Å²) in [5.41, 5.74) is 6.07. The lowest BCUT2D eigenvalue weighted by atomic mass is 9.95. The molecule has 0 fully saturated rings. The number of carbonyl (C=O) groups excluding carboxylic acids is 3. The van der Waals surface area contributed by atoms with Gasteiger partial charge in [0.1, 0.15) is 6.04 Å². The van der Waals surface area contributed by atoms with E-state index in [1.807, 2.05) is 105 Å². The fourth-order valence-electron chi connectivity index (χ4n) is 4.81. The molecule has 0 saturated carbocycles. The number of hydrogen-bond acceptors (Lipinski definition) is 3. The zero-order valence-electron chi connectivity index (χ0n) is 21.8. The molecule has 0 spiro atoms. The summed E-state index contributed by atoms with van der Waals surface area (Å²) < 4.78 is 0. The van der Waals surface area contributed by atoms with Gasteiger partial charge in [-0.2, -0.15) is 0 Å². The van der Waals surface area contributed by atoms with E-state index in [9.17, 15) is 14.4 Å². The summed E-state index contributed by atoms with van der Waals surface area (Å²) in [5.74, 6) is -0.572. The van der Waals surface area contributed by atoms with Gasteiger partial charge in [0.05, 0.1) is 12.2 Å². The summed E-state index contributed by atoms with van der Waals surface area (Å²) in [6.07, 6.45) is 1.77. The Bertz CT molecular complexity index is 1580. The van der Waals surface area contributed by atoms with Gasteiger partial charge in [-0.05, 0) is 54.3 Å². The Morgan fingerprint density at radius 3 is 2.15 bits per heavy atom. The van der Waals surface area contributed by atoms with Crippen LogP contribution in [0.3, 0.4) is 0 Å². The van der Waals surface area contributed by atoms with Gasteiger partial charge in [0.25, 0.3) is 5.91 Å². The summed E-state index contributed by atoms with van der Waals surface area (Å²) in [7, 11) is 0. The summed E-state index contributed by atoms with van der Waals surface area (Å²) in [6.45, 7) is 3.62. The van der Waals surface area contributed by atoms with Crippen molar-refractivity contribution >= 4 is 34.7 Å². The lowest BCUT2D eigenvalue weighted by molar-refractivity contribution is -0.119. The molecule has 3 amide bonds. The van der Waals surface area contributed by atoms with Crippen LogP contribution in [-0.2, 0) is 4.79 Å². The molecule has 6 nitrogen and oxygen atoms in total. The maximum Gasteiger partial charge on any atom is 0.320 e. The third kappa shape index (κ3) is 5.50. The second-order valence-electron chi connectivity index (χ2n) is 9.52. The summed E-state index contributed by atoms with van der Waals surface area (Å²) in [4.78, 5) is 42.1. The molecule has 39 heavy (non-hydrogen) atoms. The predicted molar refractivity (Wildman–Crippen MR) is 155 cm³/mol. The molecule has 1 atom stereocenters. The lowest BCUT2D eigenvalue weighted by Crippen LogP contribution is -2.50. The first-order valence-electron chi connectivity index (χ1n) is 12.8. The minimum absolute atomic E-state index is 0.159. The van der Waals surface area contributed by atoms with Gasteiger partial charge in [0.15, 0.2) is 5.78 Å². The van der Waals surface area contributed by atoms with Crippen LogP contribution in [0.25, 0.3) is 5.57 Å². The van der Waals surface area contributed by atoms with E-state index in [0.717, 1.165) is 27.8 Å². The fourth-order valence-corrected chi connectivity index (χ4v) is 4.81. The zero-order valence-corrected chi connectivity index (χ0v) is 21.8. The Morgan fingerprint density at radius 1 is 0.769 bits per heavy atom. The number of carbonyl (C=O) groups is 3. The molecule has 1 unspecified atom stereocenters. The van der Waals surface area contributed by atoms with Crippen molar-refractivity contribution in [2.24, 2.45) is 0 Å². The van der Waals surface area contributed by atoms with Gasteiger partial charge < -0.3 is 15.5 Å². The quantitative estimate of drug-likeness (QED) is 0.302. The van der Waals surface area contributed by atoms with Gasteiger partial charge in [0, 0.05) is 16.8 Å². The SMILES string of the molecule is Cc1ccccc1NC(=O)NC1C=C(c2ccccc2)c2ccccc2N(CC(=O)c2ccccc2C)C1=O. The number of aryl methyl sites for hydroxylation is 2. The molecule has 0 aliphatic carbocycles. The van der Waals surface area contributed by atoms with Crippen molar-refractivity contribution in [1.29, 1.82) is 0 Å². The number of fused-ring (bicyclic) bond motifs is 1. The molecule has 4 aromatic rings. The van der Waals surface area contributed by atoms with Crippen LogP contribution >= 0.6 is 0 Å². The minimum Gasteiger partial charge on any atom is -0.323 e. The summed E-state index contributed by atoms with van der Waals surface area (Å²) in [5, 5.41) is 5.69. The van der Waals surface area contributed by atoms with Gasteiger partial charge in [0.2, 0.25) is 0 Å². The largest absolute Gasteiger partial charge is 0.323 e. The molecule has 194 valence electrons. The number of hydrogen-bond donors (Lipinski definition) is 2. The highest BCUT2D eigenvalue weighted by Crippen LogP contribution is 2.35. The molecule has 6 heteroatoms. The van der Waals surface area contributed by atoms with Crippen molar-refractivity contribution < 1.29 is 14.4 Å². The Kier molecular flexibility index (Phi) is 7.37. The lowest BCUT2D eigenvalue weighted by Gasteiger charge is -2.26. The van der Waals surface area contributed by atoms with Crippen LogP contribution in [-0.4, -0.2) is 30.3 Å². The number of ketones is 1. The number of Topliss-reactive ketones (excluding diaryl/α,β-unsaturated/α-hetero) is 1. The van der Waals surface area contributed by atoms with Gasteiger partial charge in [-0.25, -0.2) is 4.79 Å². The van der Waals surface area contributed by atoms with E-state index in [0.29, 0.717) is 16.9 Å². The maximum absolute atomic E-state index is 14.1. The Labute approximate surface area is 228 Å². The number of rotatable bonds is 6. The van der Waals surface area contributed by atoms with Crippen LogP contribution in [0.2, 0.25) is 0 Å². The third-order valence-electron chi connectivity index (χ3n) is 6.86. The van der Waals surface area contributed by atoms with E-state index < -0.39 is 18.0 Å². The van der Waals surface area contributed by atoms with Crippen LogP contribution in [0.1, 0.15) is 32.6 Å². The monoisotopic (exact) mass is 515 g/mol. The molecule has 1 aliphatic rings. The predicted octanol–water partition coefficient (Wildman–Crippen LogP) is 6.15. The van der Waals surface area contributed by atoms with Crippen LogP contribution in [0.4, 0.5) is 16.2 Å². The molecule has 1 heterocycles. The Morgan fingerprint density at radius 2 is 1.41 bits per heavy atom. The van der Waals surface area contributed by atoms with Crippen LogP contribution < -0.4 is 15.5 Å². The van der Waals surface area contributed by atoms with E-state index in [1.165, 1.54) is 4.90 Å². The smallest absolute Gasteiger partial charge is 0.320 e. The fraction of sp³-hybridized carbons (Fsp3) is 0.121. The first-order valence-corrected chi connectivity index (χ1v) is 12.8. The molecular weight excluding hydrogens is 486 g/mol. The zero-order chi connectivity index (χ0) is 27.4. The topological polar surface area (TPSA) is 78.5 Å². The van der Waals surface area contributed by atoms with Gasteiger partial charge in [-0.15, -0.1) is 0 Å². The van der Waals surface area contributed by atoms with Crippen LogP contribution in [0.5, 0.6) is 0 Å². The summed E-state index contributed by atoms with van der Waals surface area (Å²) >= 11 is 0. The first kappa shape index (κ1) is 25.7. The third-order valence-corrected chi connectivity index (χ3v) is 6.86. The van der Waals surface area contributed by atoms with Crippen molar-refractivity contribution in [1.82, 2.24) is 5.32 Å². The average molecular weight is 516 g/mol. The molecule has 2 N–H and O–H groups in total. The van der Waals surface area contributed by atoms with Crippen molar-refractivity contribution in [3.05, 3.63) is 137 Å². The number of nitrogens with one attached hydrogen (secondary N) is 2. The number of anilines is 2. The maximum atomic E-state index is 14.1. The standard InChI is InChI=1S/C33H29N3O3/c1-22-12-6-8-16-25(22)31(37)21-36-30-19-11-9-17-26(30)27(24-14-4-3-5-15-24)20-29(32(36)38)35-33(39)34-28-18-10-7-13-23(28)2/h3-20,29H,21H2,1-2H3,(H2,34,35,39). The van der Waals surface area contributed by atoms with Crippen molar-refractivity contribution in [3.8, 4) is 0 Å². The molecule has 5 rings (SSSR count). The molecule has 1 aliphatic heterocycles. The van der Waals surface area contributed by atoms with Crippen molar-refractivity contribution in [2.45, 2.75) is 19.9 Å². The number of para-hydroxylation sites is 2. The van der Waals surface area contributed by atoms with Gasteiger partial charge >= 0.3 is 6.03 Å². The second kappa shape index (κ2) is 11.2. The highest BCUT2D eigenvalue weighted by Gasteiger charge is 2.33. The van der Waals surface area contributed by atoms with Gasteiger partial charge in [-0.1, -0.05) is 91.0 Å². The highest BCUT2D eigenvalue weighted by atomic mass is 16.2. The number of nitrogens with zero attached hydrogens (tertiary/aromatic N) is 1. The second-order valence-corrected chi connectivity index (χ2v) is 9.52. The van der Waals surface area contributed by atoms with E-state index in [1.54, 1.807) is 18.2 Å². The first-order chi connectivity index (χ1) is 18.9. The molecule has 0 saturated heterocycles. The normalized spacial score (nSPS) is 14.6. The minimum atomic E-state index is -1.01. The van der Waals surface area contributed by atoms with E-state index in [2.05, 4.69) is 10.6 Å². The molecule has 0 radical (unpaired) electrons. The van der Waals surface area contributed by atoms with Gasteiger partial charge in [-0.3, -0.25) is 9.59 Å². The number of amides is 3. The molecule has 0 aromatic heterocycles. The average Bonchev–Trinajstić information content (AvgIpc) is 3.06. The van der Waals surface area contributed by atoms with E-state index in [4.69, 9.17) is 0 Å². The number of urea groups is 1. The van der Waals surface area contributed by atoms with Crippen molar-refractivity contribution in [2.75, 3.05) is 16.8 Å². The van der Waals surface area contributed by atoms with Crippen LogP contribution in [0, 0.1) is 13.8 Å². The Balaban J connectivity index is 1.55. The van der Waals surface area contributed by atoms with Crippen molar-refractivity contribution in [3.63, 3.8) is 0 Å². The molecule has 0 bridgehead atoms. The van der Waals surface area contributed by atoms with Crippen LogP contribution in [0.15, 0.2) is 109 Å². The Hall–Kier alpha value is -4.97. The molecular formula is C33H29N3O3. The molecule has 4 aromatic carbocycles. The highest BCUT2D eigenvalue weighted by molar-refractivity contribution is 6.12. The van der Waals surface area contributed by atoms with E-state index >= 15 is 0 Å². The number of benzene rings is 4.